The molecule has 112 valence electrons. The topological polar surface area (TPSA) is 67.6 Å². The molecule has 0 aliphatic carbocycles. The first-order chi connectivity index (χ1) is 9.39. The van der Waals surface area contributed by atoms with Crippen LogP contribution in [0.1, 0.15) is 20.3 Å². The van der Waals surface area contributed by atoms with Crippen LogP contribution >= 0.6 is 0 Å². The molecule has 0 fully saturated rings. The minimum absolute atomic E-state index is 0.208. The van der Waals surface area contributed by atoms with Crippen molar-refractivity contribution in [2.45, 2.75) is 25.8 Å². The minimum atomic E-state index is -0.857. The van der Waals surface area contributed by atoms with Crippen molar-refractivity contribution >= 4 is 11.6 Å². The molecular formula is C15H25N3O2. The Bertz CT molecular complexity index is 448. The van der Waals surface area contributed by atoms with Crippen LogP contribution in [-0.2, 0) is 4.79 Å². The molecule has 1 aromatic carbocycles. The van der Waals surface area contributed by atoms with E-state index in [0.717, 1.165) is 24.4 Å². The second-order valence-electron chi connectivity index (χ2n) is 5.30. The van der Waals surface area contributed by atoms with Gasteiger partial charge in [0.2, 0.25) is 5.91 Å². The molecule has 0 aliphatic rings. The third-order valence-electron chi connectivity index (χ3n) is 3.17. The molecule has 0 radical (unpaired) electrons. The van der Waals surface area contributed by atoms with Crippen LogP contribution in [0.5, 0.6) is 5.75 Å². The molecule has 1 atom stereocenters. The largest absolute Gasteiger partial charge is 0.491 e. The number of primary amides is 1. The number of benzene rings is 1. The van der Waals surface area contributed by atoms with Gasteiger partial charge >= 0.3 is 0 Å². The van der Waals surface area contributed by atoms with Gasteiger partial charge in [-0.05, 0) is 32.0 Å². The summed E-state index contributed by atoms with van der Waals surface area (Å²) in [4.78, 5) is 13.6. The fraction of sp³-hybridized carbons (Fsp3) is 0.533. The third-order valence-corrected chi connectivity index (χ3v) is 3.17. The number of hydrogen-bond acceptors (Lipinski definition) is 4. The smallest absolute Gasteiger partial charge is 0.240 e. The Kier molecular flexibility index (Phi) is 5.82. The molecule has 0 saturated heterocycles. The minimum Gasteiger partial charge on any atom is -0.491 e. The fourth-order valence-corrected chi connectivity index (χ4v) is 1.69. The predicted octanol–water partition coefficient (Wildman–Crippen LogP) is 1.38. The molecule has 20 heavy (non-hydrogen) atoms. The second kappa shape index (κ2) is 7.14. The van der Waals surface area contributed by atoms with Gasteiger partial charge in [0.1, 0.15) is 17.9 Å². The maximum Gasteiger partial charge on any atom is 0.240 e. The molecule has 0 bridgehead atoms. The average Bonchev–Trinajstić information content (AvgIpc) is 2.43. The number of amides is 1. The zero-order valence-corrected chi connectivity index (χ0v) is 12.8. The SMILES string of the molecule is CCCNC(C)(COc1cccc(N(C)C)c1)C(N)=O. The lowest BCUT2D eigenvalue weighted by atomic mass is 10.0. The first-order valence-electron chi connectivity index (χ1n) is 6.84. The maximum absolute atomic E-state index is 11.6. The van der Waals surface area contributed by atoms with Crippen LogP contribution in [0.15, 0.2) is 24.3 Å². The van der Waals surface area contributed by atoms with E-state index in [1.54, 1.807) is 6.92 Å². The van der Waals surface area contributed by atoms with Crippen LogP contribution in [0.2, 0.25) is 0 Å². The molecule has 0 aliphatic heterocycles. The van der Waals surface area contributed by atoms with Crippen molar-refractivity contribution < 1.29 is 9.53 Å². The van der Waals surface area contributed by atoms with Crippen LogP contribution in [0, 0.1) is 0 Å². The standard InChI is InChI=1S/C15H25N3O2/c1-5-9-17-15(2,14(16)19)11-20-13-8-6-7-12(10-13)18(3)4/h6-8,10,17H,5,9,11H2,1-4H3,(H2,16,19). The molecular weight excluding hydrogens is 254 g/mol. The van der Waals surface area contributed by atoms with Gasteiger partial charge in [-0.2, -0.15) is 0 Å². The number of hydrogen-bond donors (Lipinski definition) is 2. The highest BCUT2D eigenvalue weighted by Gasteiger charge is 2.31. The van der Waals surface area contributed by atoms with E-state index in [-0.39, 0.29) is 6.61 Å². The number of nitrogens with two attached hydrogens (primary N) is 1. The van der Waals surface area contributed by atoms with Gasteiger partial charge in [0, 0.05) is 25.8 Å². The lowest BCUT2D eigenvalue weighted by molar-refractivity contribution is -0.125. The molecule has 0 heterocycles. The number of nitrogens with one attached hydrogen (secondary N) is 1. The second-order valence-corrected chi connectivity index (χ2v) is 5.30. The predicted molar refractivity (Wildman–Crippen MR) is 82.2 cm³/mol. The van der Waals surface area contributed by atoms with E-state index < -0.39 is 11.4 Å². The van der Waals surface area contributed by atoms with Crippen molar-refractivity contribution in [2.75, 3.05) is 32.1 Å². The molecule has 5 nitrogen and oxygen atoms in total. The van der Waals surface area contributed by atoms with Gasteiger partial charge in [0.05, 0.1) is 0 Å². The molecule has 1 amide bonds. The van der Waals surface area contributed by atoms with Crippen LogP contribution in [-0.4, -0.2) is 38.7 Å². The van der Waals surface area contributed by atoms with Crippen LogP contribution < -0.4 is 20.7 Å². The van der Waals surface area contributed by atoms with E-state index in [0.29, 0.717) is 0 Å². The quantitative estimate of drug-likeness (QED) is 0.754. The average molecular weight is 279 g/mol. The molecule has 5 heteroatoms. The Morgan fingerprint density at radius 2 is 2.15 bits per heavy atom. The number of anilines is 1. The van der Waals surface area contributed by atoms with E-state index in [1.807, 2.05) is 50.2 Å². The zero-order valence-electron chi connectivity index (χ0n) is 12.8. The highest BCUT2D eigenvalue weighted by atomic mass is 16.5. The van der Waals surface area contributed by atoms with E-state index in [9.17, 15) is 4.79 Å². The van der Waals surface area contributed by atoms with Gasteiger partial charge in [-0.1, -0.05) is 13.0 Å². The van der Waals surface area contributed by atoms with Crippen LogP contribution in [0.4, 0.5) is 5.69 Å². The summed E-state index contributed by atoms with van der Waals surface area (Å²) >= 11 is 0. The van der Waals surface area contributed by atoms with E-state index in [4.69, 9.17) is 10.5 Å². The summed E-state index contributed by atoms with van der Waals surface area (Å²) in [5.74, 6) is 0.316. The van der Waals surface area contributed by atoms with Crippen LogP contribution in [0.3, 0.4) is 0 Å². The lowest BCUT2D eigenvalue weighted by Crippen LogP contribution is -2.57. The van der Waals surface area contributed by atoms with E-state index in [2.05, 4.69) is 5.32 Å². The molecule has 0 saturated carbocycles. The number of carbonyl (C=O) groups is 1. The molecule has 1 aromatic rings. The zero-order chi connectivity index (χ0) is 15.2. The highest BCUT2D eigenvalue weighted by molar-refractivity contribution is 5.84. The molecule has 0 spiro atoms. The van der Waals surface area contributed by atoms with Gasteiger partial charge in [0.15, 0.2) is 0 Å². The highest BCUT2D eigenvalue weighted by Crippen LogP contribution is 2.20. The maximum atomic E-state index is 11.6. The Morgan fingerprint density at radius 1 is 1.45 bits per heavy atom. The monoisotopic (exact) mass is 279 g/mol. The summed E-state index contributed by atoms with van der Waals surface area (Å²) < 4.78 is 5.73. The van der Waals surface area contributed by atoms with Gasteiger partial charge in [-0.25, -0.2) is 0 Å². The lowest BCUT2D eigenvalue weighted by Gasteiger charge is -2.27. The van der Waals surface area contributed by atoms with Crippen molar-refractivity contribution in [1.82, 2.24) is 5.32 Å². The number of carbonyl (C=O) groups excluding carboxylic acids is 1. The Balaban J connectivity index is 2.72. The Morgan fingerprint density at radius 3 is 2.70 bits per heavy atom. The van der Waals surface area contributed by atoms with Crippen molar-refractivity contribution in [3.8, 4) is 5.75 Å². The van der Waals surface area contributed by atoms with Gasteiger partial charge in [-0.3, -0.25) is 4.79 Å². The van der Waals surface area contributed by atoms with Gasteiger partial charge in [0.25, 0.3) is 0 Å². The van der Waals surface area contributed by atoms with E-state index in [1.165, 1.54) is 0 Å². The summed E-state index contributed by atoms with van der Waals surface area (Å²) in [7, 11) is 3.94. The Hall–Kier alpha value is -1.75. The van der Waals surface area contributed by atoms with Crippen LogP contribution in [0.25, 0.3) is 0 Å². The third kappa shape index (κ3) is 4.42. The van der Waals surface area contributed by atoms with Crippen molar-refractivity contribution in [3.05, 3.63) is 24.3 Å². The normalized spacial score (nSPS) is 13.6. The number of ether oxygens (including phenoxy) is 1. The van der Waals surface area contributed by atoms with Crippen molar-refractivity contribution in [1.29, 1.82) is 0 Å². The first kappa shape index (κ1) is 16.3. The molecule has 3 N–H and O–H groups in total. The van der Waals surface area contributed by atoms with Gasteiger partial charge < -0.3 is 20.7 Å². The summed E-state index contributed by atoms with van der Waals surface area (Å²) in [6.07, 6.45) is 0.930. The summed E-state index contributed by atoms with van der Waals surface area (Å²) in [5.41, 5.74) is 5.65. The summed E-state index contributed by atoms with van der Waals surface area (Å²) in [6, 6.07) is 7.72. The molecule has 1 unspecified atom stereocenters. The fourth-order valence-electron chi connectivity index (χ4n) is 1.69. The summed E-state index contributed by atoms with van der Waals surface area (Å²) in [6.45, 7) is 4.73. The van der Waals surface area contributed by atoms with Crippen molar-refractivity contribution in [2.24, 2.45) is 5.73 Å². The number of nitrogens with zero attached hydrogens (tertiary/aromatic N) is 1. The molecule has 0 aromatic heterocycles. The van der Waals surface area contributed by atoms with E-state index >= 15 is 0 Å². The molecule has 1 rings (SSSR count). The van der Waals surface area contributed by atoms with Gasteiger partial charge in [-0.15, -0.1) is 0 Å². The Labute approximate surface area is 121 Å². The first-order valence-corrected chi connectivity index (χ1v) is 6.84. The summed E-state index contributed by atoms with van der Waals surface area (Å²) in [5, 5.41) is 3.14. The number of rotatable bonds is 8. The van der Waals surface area contributed by atoms with Crippen molar-refractivity contribution in [3.63, 3.8) is 0 Å².